The van der Waals surface area contributed by atoms with Gasteiger partial charge in [-0.15, -0.1) is 0 Å². The molecule has 1 aromatic carbocycles. The van der Waals surface area contributed by atoms with Gasteiger partial charge in [0.2, 0.25) is 0 Å². The molecule has 0 aromatic heterocycles. The van der Waals surface area contributed by atoms with Crippen LogP contribution in [0.4, 0.5) is 10.5 Å². The van der Waals surface area contributed by atoms with Crippen molar-refractivity contribution >= 4 is 21.5 Å². The molecule has 19 heavy (non-hydrogen) atoms. The van der Waals surface area contributed by atoms with Crippen molar-refractivity contribution in [3.05, 3.63) is 23.8 Å². The predicted octanol–water partition coefficient (Wildman–Crippen LogP) is 3.38. The fourth-order valence-electron chi connectivity index (χ4n) is 1.52. The van der Waals surface area contributed by atoms with Crippen molar-refractivity contribution in [1.29, 1.82) is 4.78 Å². The fourth-order valence-corrected chi connectivity index (χ4v) is 2.55. The molecule has 0 spiro atoms. The monoisotopic (exact) mass is 284 g/mol. The smallest absolute Gasteiger partial charge is 0.412 e. The van der Waals surface area contributed by atoms with Gasteiger partial charge in [-0.25, -0.2) is 13.8 Å². The van der Waals surface area contributed by atoms with E-state index in [1.54, 1.807) is 45.9 Å². The van der Waals surface area contributed by atoms with E-state index in [0.717, 1.165) is 5.56 Å². The molecule has 0 aliphatic heterocycles. The highest BCUT2D eigenvalue weighted by atomic mass is 32.2. The fraction of sp³-hybridized carbons (Fsp3) is 0.462. The number of benzene rings is 1. The summed E-state index contributed by atoms with van der Waals surface area (Å²) in [7, 11) is -2.82. The van der Waals surface area contributed by atoms with E-state index >= 15 is 0 Å². The number of nitrogens with one attached hydrogen (secondary N) is 2. The molecule has 0 aliphatic carbocycles. The van der Waals surface area contributed by atoms with Gasteiger partial charge in [0, 0.05) is 11.9 Å². The summed E-state index contributed by atoms with van der Waals surface area (Å²) in [5.74, 6) is 0. The molecule has 0 fully saturated rings. The molecule has 1 aromatic rings. The Balaban J connectivity index is 2.96. The minimum absolute atomic E-state index is 0.418. The first-order valence-corrected chi connectivity index (χ1v) is 7.80. The van der Waals surface area contributed by atoms with Gasteiger partial charge in [-0.3, -0.25) is 5.32 Å². The molecule has 0 bridgehead atoms. The lowest BCUT2D eigenvalue weighted by atomic mass is 10.2. The van der Waals surface area contributed by atoms with Crippen molar-refractivity contribution in [2.75, 3.05) is 11.6 Å². The van der Waals surface area contributed by atoms with Crippen molar-refractivity contribution in [2.45, 2.75) is 38.2 Å². The van der Waals surface area contributed by atoms with E-state index in [9.17, 15) is 9.00 Å². The molecule has 0 heterocycles. The number of ether oxygens (including phenoxy) is 1. The molecule has 5 nitrogen and oxygen atoms in total. The third kappa shape index (κ3) is 4.90. The van der Waals surface area contributed by atoms with Gasteiger partial charge in [-0.1, -0.05) is 6.07 Å². The highest BCUT2D eigenvalue weighted by molar-refractivity contribution is 7.91. The van der Waals surface area contributed by atoms with E-state index in [-0.39, 0.29) is 0 Å². The second kappa shape index (κ2) is 5.21. The van der Waals surface area contributed by atoms with Gasteiger partial charge in [-0.2, -0.15) is 0 Å². The van der Waals surface area contributed by atoms with Crippen LogP contribution in [0.15, 0.2) is 23.1 Å². The minimum Gasteiger partial charge on any atom is -0.444 e. The number of amides is 1. The molecule has 1 atom stereocenters. The topological polar surface area (TPSA) is 79.2 Å². The highest BCUT2D eigenvalue weighted by Gasteiger charge is 2.17. The summed E-state index contributed by atoms with van der Waals surface area (Å²) in [6, 6.07) is 4.96. The second-order valence-electron chi connectivity index (χ2n) is 5.45. The van der Waals surface area contributed by atoms with Gasteiger partial charge >= 0.3 is 6.09 Å². The van der Waals surface area contributed by atoms with Crippen LogP contribution < -0.4 is 5.32 Å². The van der Waals surface area contributed by atoms with E-state index in [2.05, 4.69) is 5.32 Å². The van der Waals surface area contributed by atoms with Crippen molar-refractivity contribution in [2.24, 2.45) is 0 Å². The Kier molecular flexibility index (Phi) is 4.25. The maximum absolute atomic E-state index is 11.8. The number of hydrogen-bond donors (Lipinski definition) is 2. The van der Waals surface area contributed by atoms with Gasteiger partial charge in [0.1, 0.15) is 5.60 Å². The molecule has 0 saturated heterocycles. The Hall–Kier alpha value is -1.56. The Bertz CT molecular complexity index is 586. The van der Waals surface area contributed by atoms with Crippen LogP contribution in [0.3, 0.4) is 0 Å². The van der Waals surface area contributed by atoms with Crippen LogP contribution in [0.2, 0.25) is 0 Å². The first-order valence-electron chi connectivity index (χ1n) is 5.83. The number of anilines is 1. The zero-order chi connectivity index (χ0) is 14.8. The summed E-state index contributed by atoms with van der Waals surface area (Å²) >= 11 is 0. The van der Waals surface area contributed by atoms with Gasteiger partial charge in [0.15, 0.2) is 0 Å². The molecule has 2 N–H and O–H groups in total. The number of rotatable bonds is 2. The molecule has 0 radical (unpaired) electrons. The van der Waals surface area contributed by atoms with Crippen LogP contribution in [0.1, 0.15) is 26.3 Å². The standard InChI is InChI=1S/C13H20N2O3S/c1-9-6-7-10(8-11(9)19(5,14)17)15-12(16)18-13(2,3)4/h6-8,14H,1-5H3,(H,15,16). The Morgan fingerprint density at radius 1 is 1.37 bits per heavy atom. The van der Waals surface area contributed by atoms with Crippen molar-refractivity contribution in [3.8, 4) is 0 Å². The molecule has 1 unspecified atom stereocenters. The lowest BCUT2D eigenvalue weighted by Gasteiger charge is -2.20. The number of carbonyl (C=O) groups is 1. The molecule has 6 heteroatoms. The second-order valence-corrected chi connectivity index (χ2v) is 7.58. The lowest BCUT2D eigenvalue weighted by Crippen LogP contribution is -2.27. The summed E-state index contributed by atoms with van der Waals surface area (Å²) in [5.41, 5.74) is 0.652. The van der Waals surface area contributed by atoms with E-state index in [1.165, 1.54) is 6.26 Å². The van der Waals surface area contributed by atoms with Crippen LogP contribution in [0.5, 0.6) is 0 Å². The first kappa shape index (κ1) is 15.5. The van der Waals surface area contributed by atoms with Crippen LogP contribution >= 0.6 is 0 Å². The molecular formula is C13H20N2O3S. The van der Waals surface area contributed by atoms with E-state index in [1.807, 2.05) is 0 Å². The predicted molar refractivity (Wildman–Crippen MR) is 76.1 cm³/mol. The zero-order valence-electron chi connectivity index (χ0n) is 11.9. The summed E-state index contributed by atoms with van der Waals surface area (Å²) in [4.78, 5) is 12.0. The lowest BCUT2D eigenvalue weighted by molar-refractivity contribution is 0.0636. The number of aryl methyl sites for hydroxylation is 1. The van der Waals surface area contributed by atoms with Gasteiger partial charge in [-0.05, 0) is 45.4 Å². The molecule has 0 aliphatic rings. The normalized spacial score (nSPS) is 14.6. The van der Waals surface area contributed by atoms with Crippen molar-refractivity contribution in [3.63, 3.8) is 0 Å². The van der Waals surface area contributed by atoms with Crippen molar-refractivity contribution < 1.29 is 13.7 Å². The van der Waals surface area contributed by atoms with Crippen LogP contribution in [0.25, 0.3) is 0 Å². The van der Waals surface area contributed by atoms with E-state index in [4.69, 9.17) is 9.52 Å². The quantitative estimate of drug-likeness (QED) is 0.873. The molecule has 1 amide bonds. The van der Waals surface area contributed by atoms with Crippen LogP contribution in [-0.2, 0) is 14.5 Å². The number of carbonyl (C=O) groups excluding carboxylic acids is 1. The largest absolute Gasteiger partial charge is 0.444 e. The third-order valence-corrected chi connectivity index (χ3v) is 3.53. The first-order chi connectivity index (χ1) is 8.49. The van der Waals surface area contributed by atoms with Crippen molar-refractivity contribution in [1.82, 2.24) is 0 Å². The Morgan fingerprint density at radius 3 is 2.42 bits per heavy atom. The van der Waals surface area contributed by atoms with E-state index in [0.29, 0.717) is 10.6 Å². The Morgan fingerprint density at radius 2 is 1.95 bits per heavy atom. The average Bonchev–Trinajstić information content (AvgIpc) is 2.16. The molecular weight excluding hydrogens is 264 g/mol. The van der Waals surface area contributed by atoms with Gasteiger partial charge in [0.25, 0.3) is 0 Å². The summed E-state index contributed by atoms with van der Waals surface area (Å²) in [6.07, 6.45) is 0.780. The Labute approximate surface area is 114 Å². The van der Waals surface area contributed by atoms with E-state index < -0.39 is 21.4 Å². The minimum atomic E-state index is -2.82. The van der Waals surface area contributed by atoms with Crippen LogP contribution in [-0.4, -0.2) is 22.2 Å². The maximum atomic E-state index is 11.8. The maximum Gasteiger partial charge on any atom is 0.412 e. The number of hydrogen-bond acceptors (Lipinski definition) is 4. The highest BCUT2D eigenvalue weighted by Crippen LogP contribution is 2.21. The molecule has 106 valence electrons. The van der Waals surface area contributed by atoms with Gasteiger partial charge in [0.05, 0.1) is 14.6 Å². The van der Waals surface area contributed by atoms with Gasteiger partial charge < -0.3 is 4.74 Å². The van der Waals surface area contributed by atoms with Crippen LogP contribution in [0, 0.1) is 11.7 Å². The summed E-state index contributed by atoms with van der Waals surface area (Å²) < 4.78 is 24.5. The molecule has 0 saturated carbocycles. The third-order valence-electron chi connectivity index (χ3n) is 2.25. The molecule has 1 rings (SSSR count). The SMILES string of the molecule is Cc1ccc(NC(=O)OC(C)(C)C)cc1S(C)(=N)=O. The zero-order valence-corrected chi connectivity index (χ0v) is 12.7. The average molecular weight is 284 g/mol. The summed E-state index contributed by atoms with van der Waals surface area (Å²) in [5, 5.41) is 2.57. The summed E-state index contributed by atoms with van der Waals surface area (Å²) in [6.45, 7) is 7.10.